The molecule has 0 saturated carbocycles. The number of aliphatic hydroxyl groups excluding tert-OH is 3. The van der Waals surface area contributed by atoms with Gasteiger partial charge in [-0.2, -0.15) is 0 Å². The number of carbonyl (C=O) groups excluding carboxylic acids is 14. The van der Waals surface area contributed by atoms with Crippen molar-refractivity contribution in [1.29, 1.82) is 0 Å². The Morgan fingerprint density at radius 2 is 1.44 bits per heavy atom. The van der Waals surface area contributed by atoms with E-state index in [1.807, 2.05) is 0 Å². The molecule has 0 radical (unpaired) electrons. The summed E-state index contributed by atoms with van der Waals surface area (Å²) < 4.78 is 59.2. The van der Waals surface area contributed by atoms with Crippen molar-refractivity contribution in [3.05, 3.63) is 53.1 Å². The molecule has 2 fully saturated rings. The van der Waals surface area contributed by atoms with E-state index in [1.54, 1.807) is 13.8 Å². The second kappa shape index (κ2) is 38.9. The molecule has 2 bridgehead atoms. The molecule has 2 unspecified atom stereocenters. The third-order valence-electron chi connectivity index (χ3n) is 18.2. The average Bonchev–Trinajstić information content (AvgIpc) is 1.53. The number of benzene rings is 2. The first-order valence-corrected chi connectivity index (χ1v) is 35.9. The Balaban J connectivity index is 1.09. The number of nitrogens with two attached hydrogens (primary N) is 1. The minimum absolute atomic E-state index is 0.0541. The molecule has 108 heavy (non-hydrogen) atoms. The summed E-state index contributed by atoms with van der Waals surface area (Å²) in [5, 5.41) is 59.5. The first-order chi connectivity index (χ1) is 51.1. The van der Waals surface area contributed by atoms with Crippen molar-refractivity contribution in [3.8, 4) is 11.5 Å². The van der Waals surface area contributed by atoms with Gasteiger partial charge in [-0.25, -0.2) is 14.4 Å². The molecular weight excluding hydrogens is 1450 g/mol. The summed E-state index contributed by atoms with van der Waals surface area (Å²) in [7, 11) is 2.47. The molecule has 40 heteroatoms. The van der Waals surface area contributed by atoms with Gasteiger partial charge in [0.15, 0.2) is 24.4 Å². The van der Waals surface area contributed by atoms with E-state index in [-0.39, 0.29) is 46.0 Å². The zero-order valence-electron chi connectivity index (χ0n) is 60.4. The van der Waals surface area contributed by atoms with Gasteiger partial charge in [0.1, 0.15) is 59.6 Å². The molecule has 4 aliphatic rings. The monoisotopic (exact) mass is 1540 g/mol. The van der Waals surface area contributed by atoms with Crippen molar-refractivity contribution in [1.82, 2.24) is 52.0 Å². The van der Waals surface area contributed by atoms with Crippen LogP contribution in [0.3, 0.4) is 0 Å². The lowest BCUT2D eigenvalue weighted by Crippen LogP contribution is -2.64. The van der Waals surface area contributed by atoms with E-state index < -0.39 is 260 Å². The SMILES string of the molecule is CC[C@H](C)[C@@H]1NC(=O)CNC(=O)[C@@H]2Cc3c([nH]c4cc(OCCCCCCN(C)C(=O)OCc5ccc(OC6O[C@H](C(=O)OC)[C@@H](OC(C)=O)[C@H](OC(C)=O)[C@H]6OC(C)=O)c(C(=O)O)c5)ccc34)[S+]([O-])C[C@H](NC(=O)CNC1=O)C(=O)N[C@@H](CC(N)=O)C(=O)N1C[C@H](O)C[C@H]1C(=O)N[C@@H]([C@@H](C)[C@@H](O)CO)C(=O)N2. The van der Waals surface area contributed by atoms with Gasteiger partial charge >= 0.3 is 35.9 Å². The van der Waals surface area contributed by atoms with Crippen LogP contribution >= 0.6 is 0 Å². The molecule has 3 aromatic rings. The number of amides is 10. The van der Waals surface area contributed by atoms with Crippen molar-refractivity contribution in [2.24, 2.45) is 17.6 Å². The van der Waals surface area contributed by atoms with Gasteiger partial charge in [-0.1, -0.05) is 46.1 Å². The van der Waals surface area contributed by atoms with E-state index in [9.17, 15) is 92.3 Å². The highest BCUT2D eigenvalue weighted by atomic mass is 32.2. The molecule has 0 spiro atoms. The van der Waals surface area contributed by atoms with Crippen LogP contribution in [0.5, 0.6) is 11.5 Å². The van der Waals surface area contributed by atoms with E-state index in [0.717, 1.165) is 38.8 Å². The van der Waals surface area contributed by atoms with Gasteiger partial charge in [-0.15, -0.1) is 0 Å². The van der Waals surface area contributed by atoms with Crippen LogP contribution in [0, 0.1) is 11.8 Å². The minimum atomic E-state index is -2.48. The van der Waals surface area contributed by atoms with Crippen LogP contribution in [-0.2, 0) is 115 Å². The quantitative estimate of drug-likeness (QED) is 0.0178. The van der Waals surface area contributed by atoms with Crippen molar-refractivity contribution in [2.45, 2.75) is 184 Å². The lowest BCUT2D eigenvalue weighted by Gasteiger charge is -2.43. The molecule has 14 N–H and O–H groups in total. The molecule has 16 atom stereocenters. The second-order valence-electron chi connectivity index (χ2n) is 26.3. The summed E-state index contributed by atoms with van der Waals surface area (Å²) >= 11 is -2.48. The van der Waals surface area contributed by atoms with Crippen molar-refractivity contribution in [3.63, 3.8) is 0 Å². The number of primary amides is 1. The smallest absolute Gasteiger partial charge is 0.409 e. The number of aliphatic hydroxyl groups is 3. The predicted octanol–water partition coefficient (Wildman–Crippen LogP) is -3.65. The summed E-state index contributed by atoms with van der Waals surface area (Å²) in [6.45, 7) is 4.38. The standard InChI is InChI=1S/C68H91N11O28S/c1-9-31(2)52-61(92)71-25-50(87)72-45-30-108(99)63-40(23-43(58(89)70-26-51(88)76-52)73-62(93)53(32(3)47(85)28-80)77-60(91)46-21-37(84)27-79(46)64(94)44(24-49(69)86)74-59(45)90)39-16-15-38(22-42(39)75-63)101-19-13-11-10-12-18-78(7)68(98)102-29-36-14-17-48(41(20-36)65(95)96)106-67-57(105-35(6)83)55(104-34(5)82)54(103-33(4)81)56(107-67)66(97)100-8/h14-17,20,22,31-32,37,43-47,52-57,67,75,80,84-85H,9-13,18-19,21,23-30H2,1-8H3,(H2,69,86)(H,70,89)(H,71,92)(H,72,87)(H,73,93)(H,74,90)(H,76,88)(H,77,91)(H,95,96)/t31-,32-,37+,43-,44-,45-,46-,47-,52-,53-,54-,55-,56-,57+,67?,108?/m0/s1. The first kappa shape index (κ1) is 84.8. The Morgan fingerprint density at radius 3 is 2.08 bits per heavy atom. The maximum Gasteiger partial charge on any atom is 0.409 e. The molecular formula is C68H91N11O28S. The number of nitrogens with one attached hydrogen (secondary N) is 8. The normalized spacial score (nSPS) is 25.6. The summed E-state index contributed by atoms with van der Waals surface area (Å²) in [6.07, 6.45) is -12.3. The summed E-state index contributed by atoms with van der Waals surface area (Å²) in [4.78, 5) is 207. The maximum absolute atomic E-state index is 15.2. The van der Waals surface area contributed by atoms with E-state index in [4.69, 9.17) is 43.6 Å². The number of esters is 4. The molecule has 2 aromatic carbocycles. The summed E-state index contributed by atoms with van der Waals surface area (Å²) in [5.74, 6) is -18.0. The zero-order chi connectivity index (χ0) is 79.5. The van der Waals surface area contributed by atoms with Crippen molar-refractivity contribution in [2.75, 3.05) is 59.3 Å². The fourth-order valence-corrected chi connectivity index (χ4v) is 13.8. The highest BCUT2D eigenvalue weighted by molar-refractivity contribution is 7.91. The van der Waals surface area contributed by atoms with Gasteiger partial charge in [0, 0.05) is 87.9 Å². The number of carboxylic acids is 1. The number of carbonyl (C=O) groups is 15. The Labute approximate surface area is 620 Å². The number of unbranched alkanes of at least 4 members (excludes halogenated alkanes) is 3. The van der Waals surface area contributed by atoms with Crippen LogP contribution in [0.4, 0.5) is 4.79 Å². The number of hydrogen-bond acceptors (Lipinski definition) is 27. The topological polar surface area (TPSA) is 566 Å². The van der Waals surface area contributed by atoms with E-state index >= 15 is 4.55 Å². The van der Waals surface area contributed by atoms with E-state index in [0.29, 0.717) is 32.1 Å². The number of methoxy groups -OCH3 is 1. The van der Waals surface area contributed by atoms with Crippen molar-refractivity contribution >= 4 is 111 Å². The maximum atomic E-state index is 15.2. The Kier molecular flexibility index (Phi) is 30.6. The number of H-pyrrole nitrogens is 1. The van der Waals surface area contributed by atoms with Crippen LogP contribution in [0.15, 0.2) is 41.4 Å². The molecule has 10 amide bonds. The first-order valence-electron chi connectivity index (χ1n) is 34.6. The summed E-state index contributed by atoms with van der Waals surface area (Å²) in [5.41, 5.74) is 5.52. The average molecular weight is 1540 g/mol. The Bertz CT molecular complexity index is 3860. The molecule has 7 rings (SSSR count). The van der Waals surface area contributed by atoms with Crippen LogP contribution in [0.1, 0.15) is 108 Å². The van der Waals surface area contributed by atoms with Crippen LogP contribution in [0.2, 0.25) is 0 Å². The van der Waals surface area contributed by atoms with Gasteiger partial charge in [0.25, 0.3) is 0 Å². The fraction of sp³-hybridized carbons (Fsp3) is 0.574. The van der Waals surface area contributed by atoms with E-state index in [1.165, 1.54) is 49.2 Å². The molecule has 1 aromatic heterocycles. The number of aromatic amines is 1. The van der Waals surface area contributed by atoms with Crippen LogP contribution in [-0.4, -0.2) is 267 Å². The number of ether oxygens (including phenoxy) is 8. The third kappa shape index (κ3) is 22.6. The van der Waals surface area contributed by atoms with Gasteiger partial charge in [0.05, 0.1) is 57.6 Å². The summed E-state index contributed by atoms with van der Waals surface area (Å²) in [6, 6.07) is -2.13. The molecule has 4 aliphatic heterocycles. The molecule has 2 saturated heterocycles. The van der Waals surface area contributed by atoms with Crippen molar-refractivity contribution < 1.29 is 135 Å². The number of fused-ring (bicyclic) bond motifs is 5. The number of nitrogens with zero attached hydrogens (tertiary/aromatic N) is 2. The molecule has 0 aliphatic carbocycles. The van der Waals surface area contributed by atoms with Gasteiger partial charge < -0.3 is 121 Å². The highest BCUT2D eigenvalue weighted by Crippen LogP contribution is 2.35. The fourth-order valence-electron chi connectivity index (χ4n) is 12.4. The Hall–Kier alpha value is -10.4. The van der Waals surface area contributed by atoms with Gasteiger partial charge in [-0.3, -0.25) is 57.5 Å². The van der Waals surface area contributed by atoms with Gasteiger partial charge in [-0.05, 0) is 48.6 Å². The van der Waals surface area contributed by atoms with Crippen LogP contribution in [0.25, 0.3) is 10.9 Å². The van der Waals surface area contributed by atoms with Crippen LogP contribution < -0.4 is 52.4 Å². The highest BCUT2D eigenvalue weighted by Gasteiger charge is 2.56. The molecule has 39 nitrogen and oxygen atoms in total. The number of aromatic nitrogens is 1. The largest absolute Gasteiger partial charge is 0.610 e. The van der Waals surface area contributed by atoms with Gasteiger partial charge in [0.2, 0.25) is 70.6 Å². The minimum Gasteiger partial charge on any atom is -0.610 e. The van der Waals surface area contributed by atoms with E-state index in [2.05, 4.69) is 42.2 Å². The number of aromatic carboxylic acids is 1. The number of hydrogen-bond donors (Lipinski definition) is 13. The molecule has 5 heterocycles. The lowest BCUT2D eigenvalue weighted by molar-refractivity contribution is -0.282. The number of carboxylic acid groups (broad SMARTS) is 1. The Morgan fingerprint density at radius 1 is 0.778 bits per heavy atom. The number of rotatable bonds is 24. The molecule has 592 valence electrons. The second-order valence-corrected chi connectivity index (χ2v) is 27.7. The lowest BCUT2D eigenvalue weighted by atomic mass is 9.93. The predicted molar refractivity (Wildman–Crippen MR) is 369 cm³/mol. The zero-order valence-corrected chi connectivity index (χ0v) is 61.2. The third-order valence-corrected chi connectivity index (χ3v) is 19.6.